The van der Waals surface area contributed by atoms with Crippen LogP contribution >= 0.6 is 0 Å². The summed E-state index contributed by atoms with van der Waals surface area (Å²) >= 11 is 0. The lowest BCUT2D eigenvalue weighted by atomic mass is 10.1. The Bertz CT molecular complexity index is 1130. The summed E-state index contributed by atoms with van der Waals surface area (Å²) in [5.74, 6) is 1.66. The summed E-state index contributed by atoms with van der Waals surface area (Å²) in [6, 6.07) is 6.66. The number of H-pyrrole nitrogens is 1. The van der Waals surface area contributed by atoms with Gasteiger partial charge in [0.05, 0.1) is 25.0 Å². The average molecular weight is 378 g/mol. The molecule has 0 fully saturated rings. The molecule has 1 unspecified atom stereocenters. The van der Waals surface area contributed by atoms with E-state index in [1.165, 1.54) is 18.6 Å². The third-order valence-electron chi connectivity index (χ3n) is 4.43. The van der Waals surface area contributed by atoms with Crippen LogP contribution in [0.4, 0.5) is 10.2 Å². The van der Waals surface area contributed by atoms with Crippen LogP contribution in [0, 0.1) is 12.7 Å². The SMILES string of the molecule is COc1cc(-c2ccc(F)cn2)cc2c(NC(C)c3ncc(C)[nH]3)ncnc12. The number of aromatic nitrogens is 5. The molecular weight excluding hydrogens is 359 g/mol. The van der Waals surface area contributed by atoms with E-state index >= 15 is 0 Å². The highest BCUT2D eigenvalue weighted by atomic mass is 19.1. The van der Waals surface area contributed by atoms with Crippen molar-refractivity contribution in [3.05, 3.63) is 60.3 Å². The van der Waals surface area contributed by atoms with E-state index in [9.17, 15) is 4.39 Å². The van der Waals surface area contributed by atoms with Crippen molar-refractivity contribution in [1.29, 1.82) is 0 Å². The number of hydrogen-bond acceptors (Lipinski definition) is 6. The average Bonchev–Trinajstić information content (AvgIpc) is 3.14. The van der Waals surface area contributed by atoms with Gasteiger partial charge < -0.3 is 15.0 Å². The normalized spacial score (nSPS) is 12.1. The van der Waals surface area contributed by atoms with Crippen LogP contribution in [-0.2, 0) is 0 Å². The fourth-order valence-electron chi connectivity index (χ4n) is 3.03. The lowest BCUT2D eigenvalue weighted by Crippen LogP contribution is -2.10. The number of imidazole rings is 1. The zero-order chi connectivity index (χ0) is 19.7. The number of nitrogens with zero attached hydrogens (tertiary/aromatic N) is 4. The maximum atomic E-state index is 13.2. The van der Waals surface area contributed by atoms with Gasteiger partial charge in [0.15, 0.2) is 0 Å². The van der Waals surface area contributed by atoms with Gasteiger partial charge in [0.1, 0.15) is 35.1 Å². The third-order valence-corrected chi connectivity index (χ3v) is 4.43. The minimum absolute atomic E-state index is 0.0922. The summed E-state index contributed by atoms with van der Waals surface area (Å²) in [4.78, 5) is 20.5. The van der Waals surface area contributed by atoms with Gasteiger partial charge in [0.2, 0.25) is 0 Å². The van der Waals surface area contributed by atoms with Gasteiger partial charge in [-0.3, -0.25) is 4.98 Å². The molecule has 28 heavy (non-hydrogen) atoms. The van der Waals surface area contributed by atoms with Gasteiger partial charge in [0.25, 0.3) is 0 Å². The molecule has 4 rings (SSSR count). The van der Waals surface area contributed by atoms with Crippen molar-refractivity contribution in [2.45, 2.75) is 19.9 Å². The summed E-state index contributed by atoms with van der Waals surface area (Å²) in [6.07, 6.45) is 4.46. The van der Waals surface area contributed by atoms with Gasteiger partial charge in [-0.2, -0.15) is 0 Å². The summed E-state index contributed by atoms with van der Waals surface area (Å²) in [7, 11) is 1.58. The molecule has 3 heterocycles. The Kier molecular flexibility index (Phi) is 4.60. The second kappa shape index (κ2) is 7.22. The second-order valence-corrected chi connectivity index (χ2v) is 6.48. The van der Waals surface area contributed by atoms with E-state index in [4.69, 9.17) is 4.74 Å². The van der Waals surface area contributed by atoms with Gasteiger partial charge in [-0.15, -0.1) is 0 Å². The minimum atomic E-state index is -0.384. The van der Waals surface area contributed by atoms with Gasteiger partial charge in [-0.1, -0.05) is 0 Å². The van der Waals surface area contributed by atoms with E-state index in [-0.39, 0.29) is 11.9 Å². The van der Waals surface area contributed by atoms with Crippen molar-refractivity contribution < 1.29 is 9.13 Å². The van der Waals surface area contributed by atoms with E-state index < -0.39 is 0 Å². The first-order valence-electron chi connectivity index (χ1n) is 8.78. The molecule has 2 N–H and O–H groups in total. The first-order chi connectivity index (χ1) is 13.5. The van der Waals surface area contributed by atoms with Crippen LogP contribution in [0.5, 0.6) is 5.75 Å². The number of ether oxygens (including phenoxy) is 1. The number of benzene rings is 1. The van der Waals surface area contributed by atoms with Crippen LogP contribution in [0.25, 0.3) is 22.2 Å². The Balaban J connectivity index is 1.80. The van der Waals surface area contributed by atoms with Crippen molar-refractivity contribution in [2.75, 3.05) is 12.4 Å². The van der Waals surface area contributed by atoms with Gasteiger partial charge in [-0.25, -0.2) is 19.3 Å². The summed E-state index contributed by atoms with van der Waals surface area (Å²) in [5, 5.41) is 4.15. The molecule has 0 aliphatic heterocycles. The number of halogens is 1. The number of pyridine rings is 1. The maximum Gasteiger partial charge on any atom is 0.145 e. The highest BCUT2D eigenvalue weighted by molar-refractivity contribution is 5.96. The molecule has 3 aromatic heterocycles. The van der Waals surface area contributed by atoms with E-state index in [2.05, 4.69) is 30.2 Å². The fraction of sp³-hybridized carbons (Fsp3) is 0.200. The smallest absolute Gasteiger partial charge is 0.145 e. The van der Waals surface area contributed by atoms with Crippen LogP contribution in [0.2, 0.25) is 0 Å². The molecule has 0 saturated heterocycles. The molecule has 0 spiro atoms. The van der Waals surface area contributed by atoms with E-state index in [0.29, 0.717) is 22.8 Å². The molecule has 1 atom stereocenters. The number of hydrogen-bond donors (Lipinski definition) is 2. The quantitative estimate of drug-likeness (QED) is 0.545. The number of methoxy groups -OCH3 is 1. The molecule has 0 aliphatic rings. The maximum absolute atomic E-state index is 13.2. The molecule has 0 saturated carbocycles. The number of aryl methyl sites for hydroxylation is 1. The topological polar surface area (TPSA) is 88.6 Å². The highest BCUT2D eigenvalue weighted by Gasteiger charge is 2.16. The van der Waals surface area contributed by atoms with Crippen molar-refractivity contribution in [1.82, 2.24) is 24.9 Å². The highest BCUT2D eigenvalue weighted by Crippen LogP contribution is 2.34. The Morgan fingerprint density at radius 2 is 1.96 bits per heavy atom. The predicted molar refractivity (Wildman–Crippen MR) is 105 cm³/mol. The Morgan fingerprint density at radius 1 is 1.11 bits per heavy atom. The number of fused-ring (bicyclic) bond motifs is 1. The van der Waals surface area contributed by atoms with Crippen molar-refractivity contribution in [2.24, 2.45) is 0 Å². The number of rotatable bonds is 5. The molecule has 0 radical (unpaired) electrons. The third kappa shape index (κ3) is 3.36. The standard InChI is InChI=1S/C20H19FN6O/c1-11-8-23-19(26-11)12(2)27-20-15-6-13(16-5-4-14(21)9-22-16)7-17(28-3)18(15)24-10-25-20/h4-10,12H,1-3H3,(H,23,26)(H,24,25,27). The molecule has 0 bridgehead atoms. The first-order valence-corrected chi connectivity index (χ1v) is 8.78. The summed E-state index contributed by atoms with van der Waals surface area (Å²) in [6.45, 7) is 3.95. The molecule has 1 aromatic carbocycles. The Labute approximate surface area is 161 Å². The molecule has 7 nitrogen and oxygen atoms in total. The molecular formula is C20H19FN6O. The van der Waals surface area contributed by atoms with Crippen molar-refractivity contribution in [3.8, 4) is 17.0 Å². The minimum Gasteiger partial charge on any atom is -0.494 e. The fourth-order valence-corrected chi connectivity index (χ4v) is 3.03. The van der Waals surface area contributed by atoms with Crippen LogP contribution < -0.4 is 10.1 Å². The van der Waals surface area contributed by atoms with Gasteiger partial charge in [0, 0.05) is 22.8 Å². The summed E-state index contributed by atoms with van der Waals surface area (Å²) in [5.41, 5.74) is 3.08. The van der Waals surface area contributed by atoms with Crippen LogP contribution in [0.15, 0.2) is 43.0 Å². The molecule has 0 amide bonds. The summed E-state index contributed by atoms with van der Waals surface area (Å²) < 4.78 is 18.8. The molecule has 0 aliphatic carbocycles. The second-order valence-electron chi connectivity index (χ2n) is 6.48. The van der Waals surface area contributed by atoms with E-state index in [1.807, 2.05) is 26.0 Å². The zero-order valence-electron chi connectivity index (χ0n) is 15.7. The van der Waals surface area contributed by atoms with Crippen LogP contribution in [-0.4, -0.2) is 32.0 Å². The van der Waals surface area contributed by atoms with Crippen LogP contribution in [0.1, 0.15) is 24.5 Å². The lowest BCUT2D eigenvalue weighted by molar-refractivity contribution is 0.419. The zero-order valence-corrected chi connectivity index (χ0v) is 15.7. The number of anilines is 1. The van der Waals surface area contributed by atoms with E-state index in [0.717, 1.165) is 22.5 Å². The molecule has 4 aromatic rings. The molecule has 142 valence electrons. The van der Waals surface area contributed by atoms with E-state index in [1.54, 1.807) is 19.4 Å². The van der Waals surface area contributed by atoms with Crippen LogP contribution in [0.3, 0.4) is 0 Å². The Hall–Kier alpha value is -3.55. The predicted octanol–water partition coefficient (Wildman–Crippen LogP) is 4.04. The van der Waals surface area contributed by atoms with Gasteiger partial charge >= 0.3 is 0 Å². The lowest BCUT2D eigenvalue weighted by Gasteiger charge is -2.15. The Morgan fingerprint density at radius 3 is 2.64 bits per heavy atom. The van der Waals surface area contributed by atoms with Crippen molar-refractivity contribution >= 4 is 16.7 Å². The number of aromatic amines is 1. The first kappa shape index (κ1) is 17.8. The number of nitrogens with one attached hydrogen (secondary N) is 2. The largest absolute Gasteiger partial charge is 0.494 e. The monoisotopic (exact) mass is 378 g/mol. The molecule has 8 heteroatoms. The van der Waals surface area contributed by atoms with Crippen molar-refractivity contribution in [3.63, 3.8) is 0 Å². The van der Waals surface area contributed by atoms with Gasteiger partial charge in [-0.05, 0) is 38.1 Å².